The van der Waals surface area contributed by atoms with Gasteiger partial charge in [-0.1, -0.05) is 51.9 Å². The number of nitrogens with one attached hydrogen (secondary N) is 1. The van der Waals surface area contributed by atoms with Gasteiger partial charge in [0.1, 0.15) is 0 Å². The van der Waals surface area contributed by atoms with E-state index in [9.17, 15) is 0 Å². The molecule has 0 fully saturated rings. The van der Waals surface area contributed by atoms with Crippen LogP contribution >= 0.6 is 0 Å². The normalized spacial score (nSPS) is 10.7. The van der Waals surface area contributed by atoms with Crippen molar-refractivity contribution in [3.8, 4) is 0 Å². The maximum atomic E-state index is 5.44. The van der Waals surface area contributed by atoms with Crippen molar-refractivity contribution in [2.24, 2.45) is 0 Å². The lowest BCUT2D eigenvalue weighted by atomic mass is 10.1. The van der Waals surface area contributed by atoms with E-state index in [0.717, 1.165) is 6.42 Å². The fourth-order valence-corrected chi connectivity index (χ4v) is 1.88. The topological polar surface area (TPSA) is 112 Å². The molecule has 1 rings (SSSR count). The number of hydrogen-bond donors (Lipinski definition) is 3. The van der Waals surface area contributed by atoms with E-state index in [1.54, 1.807) is 0 Å². The third-order valence-electron chi connectivity index (χ3n) is 2.93. The number of nitrogen functional groups attached to an aromatic ring is 2. The fourth-order valence-electron chi connectivity index (χ4n) is 1.88. The van der Waals surface area contributed by atoms with Crippen LogP contribution in [0, 0.1) is 0 Å². The van der Waals surface area contributed by atoms with E-state index in [-0.39, 0.29) is 17.8 Å². The highest BCUT2D eigenvalue weighted by Crippen LogP contribution is 2.08. The Morgan fingerprint density at radius 3 is 2.00 bits per heavy atom. The second-order valence-electron chi connectivity index (χ2n) is 4.80. The SMILES string of the molecule is CCCCCCCCCCONc1nc(N)nc(N)n1. The summed E-state index contributed by atoms with van der Waals surface area (Å²) in [5.74, 6) is 0.404. The monoisotopic (exact) mass is 282 g/mol. The van der Waals surface area contributed by atoms with Crippen molar-refractivity contribution in [2.75, 3.05) is 23.6 Å². The van der Waals surface area contributed by atoms with E-state index in [0.29, 0.717) is 6.61 Å². The van der Waals surface area contributed by atoms with Gasteiger partial charge < -0.3 is 11.5 Å². The summed E-state index contributed by atoms with van der Waals surface area (Å²) < 4.78 is 0. The molecule has 7 nitrogen and oxygen atoms in total. The predicted molar refractivity (Wildman–Crippen MR) is 80.8 cm³/mol. The Bertz CT molecular complexity index is 354. The van der Waals surface area contributed by atoms with Crippen LogP contribution in [0.2, 0.25) is 0 Å². The molecule has 0 unspecified atom stereocenters. The Hall–Kier alpha value is -1.63. The first kappa shape index (κ1) is 16.4. The van der Waals surface area contributed by atoms with Crippen LogP contribution in [0.4, 0.5) is 17.8 Å². The summed E-state index contributed by atoms with van der Waals surface area (Å²) in [7, 11) is 0. The molecule has 1 heterocycles. The molecule has 0 bridgehead atoms. The minimum Gasteiger partial charge on any atom is -0.368 e. The van der Waals surface area contributed by atoms with E-state index >= 15 is 0 Å². The van der Waals surface area contributed by atoms with Crippen LogP contribution in [-0.2, 0) is 4.84 Å². The highest BCUT2D eigenvalue weighted by atomic mass is 16.6. The second kappa shape index (κ2) is 10.2. The molecule has 0 aliphatic rings. The fraction of sp³-hybridized carbons (Fsp3) is 0.769. The number of anilines is 3. The molecule has 114 valence electrons. The van der Waals surface area contributed by atoms with E-state index in [4.69, 9.17) is 16.3 Å². The summed E-state index contributed by atoms with van der Waals surface area (Å²) in [5.41, 5.74) is 13.5. The summed E-state index contributed by atoms with van der Waals surface area (Å²) in [6.45, 7) is 2.85. The minimum absolute atomic E-state index is 0.0793. The van der Waals surface area contributed by atoms with Gasteiger partial charge in [0.15, 0.2) is 0 Å². The number of hydrogen-bond acceptors (Lipinski definition) is 7. The molecular weight excluding hydrogens is 256 g/mol. The minimum atomic E-state index is 0.0793. The molecule has 0 saturated heterocycles. The average Bonchev–Trinajstić information content (AvgIpc) is 2.40. The largest absolute Gasteiger partial charge is 0.368 e. The molecule has 0 aliphatic carbocycles. The lowest BCUT2D eigenvalue weighted by Crippen LogP contribution is -2.10. The maximum absolute atomic E-state index is 5.44. The van der Waals surface area contributed by atoms with E-state index in [1.807, 2.05) is 0 Å². The van der Waals surface area contributed by atoms with E-state index in [1.165, 1.54) is 44.9 Å². The maximum Gasteiger partial charge on any atom is 0.253 e. The van der Waals surface area contributed by atoms with Gasteiger partial charge in [-0.05, 0) is 6.42 Å². The van der Waals surface area contributed by atoms with Crippen molar-refractivity contribution in [3.63, 3.8) is 0 Å². The molecule has 7 heteroatoms. The van der Waals surface area contributed by atoms with E-state index < -0.39 is 0 Å². The van der Waals surface area contributed by atoms with Crippen molar-refractivity contribution in [1.29, 1.82) is 0 Å². The van der Waals surface area contributed by atoms with Crippen molar-refractivity contribution in [2.45, 2.75) is 58.3 Å². The Morgan fingerprint density at radius 2 is 1.40 bits per heavy atom. The molecule has 0 aromatic carbocycles. The van der Waals surface area contributed by atoms with E-state index in [2.05, 4.69) is 27.4 Å². The van der Waals surface area contributed by atoms with Gasteiger partial charge in [-0.2, -0.15) is 15.0 Å². The van der Waals surface area contributed by atoms with Crippen LogP contribution in [0.3, 0.4) is 0 Å². The zero-order valence-electron chi connectivity index (χ0n) is 12.3. The van der Waals surface area contributed by atoms with Crippen LogP contribution in [-0.4, -0.2) is 21.6 Å². The predicted octanol–water partition coefficient (Wildman–Crippen LogP) is 2.52. The van der Waals surface area contributed by atoms with Crippen molar-refractivity contribution in [1.82, 2.24) is 15.0 Å². The molecular formula is C13H26N6O. The lowest BCUT2D eigenvalue weighted by Gasteiger charge is -2.06. The summed E-state index contributed by atoms with van der Waals surface area (Å²) in [6.07, 6.45) is 10.1. The summed E-state index contributed by atoms with van der Waals surface area (Å²) >= 11 is 0. The summed E-state index contributed by atoms with van der Waals surface area (Å²) in [5, 5.41) is 0. The van der Waals surface area contributed by atoms with Gasteiger partial charge in [0.05, 0.1) is 6.61 Å². The third-order valence-corrected chi connectivity index (χ3v) is 2.93. The van der Waals surface area contributed by atoms with Crippen LogP contribution < -0.4 is 16.9 Å². The molecule has 0 saturated carbocycles. The van der Waals surface area contributed by atoms with Crippen LogP contribution in [0.15, 0.2) is 0 Å². The number of nitrogens with zero attached hydrogens (tertiary/aromatic N) is 3. The molecule has 5 N–H and O–H groups in total. The number of rotatable bonds is 11. The molecule has 1 aromatic rings. The smallest absolute Gasteiger partial charge is 0.253 e. The Balaban J connectivity index is 1.97. The third kappa shape index (κ3) is 7.73. The standard InChI is InChI=1S/C13H26N6O/c1-2-3-4-5-6-7-8-9-10-20-19-13-17-11(14)16-12(15)18-13/h2-10H2,1H3,(H5,14,15,16,17,18,19). The zero-order valence-corrected chi connectivity index (χ0v) is 12.3. The van der Waals surface area contributed by atoms with Crippen LogP contribution in [0.25, 0.3) is 0 Å². The Morgan fingerprint density at radius 1 is 0.850 bits per heavy atom. The molecule has 20 heavy (non-hydrogen) atoms. The first-order valence-electron chi connectivity index (χ1n) is 7.37. The summed E-state index contributed by atoms with van der Waals surface area (Å²) in [6, 6.07) is 0. The van der Waals surface area contributed by atoms with Gasteiger partial charge in [0.2, 0.25) is 11.9 Å². The molecule has 1 aromatic heterocycles. The average molecular weight is 282 g/mol. The molecule has 0 atom stereocenters. The molecule has 0 spiro atoms. The number of unbranched alkanes of at least 4 members (excludes halogenated alkanes) is 7. The van der Waals surface area contributed by atoms with Crippen molar-refractivity contribution >= 4 is 17.8 Å². The van der Waals surface area contributed by atoms with Gasteiger partial charge in [0, 0.05) is 0 Å². The van der Waals surface area contributed by atoms with Gasteiger partial charge in [-0.3, -0.25) is 4.84 Å². The number of nitrogens with two attached hydrogens (primary N) is 2. The summed E-state index contributed by atoms with van der Waals surface area (Å²) in [4.78, 5) is 16.6. The van der Waals surface area contributed by atoms with Gasteiger partial charge >= 0.3 is 0 Å². The molecule has 0 amide bonds. The van der Waals surface area contributed by atoms with Crippen molar-refractivity contribution < 1.29 is 4.84 Å². The quantitative estimate of drug-likeness (QED) is 0.422. The second-order valence-corrected chi connectivity index (χ2v) is 4.80. The van der Waals surface area contributed by atoms with Crippen LogP contribution in [0.5, 0.6) is 0 Å². The molecule has 0 radical (unpaired) electrons. The Labute approximate surface area is 120 Å². The first-order chi connectivity index (χ1) is 9.72. The van der Waals surface area contributed by atoms with Crippen LogP contribution in [0.1, 0.15) is 58.3 Å². The molecule has 0 aliphatic heterocycles. The highest BCUT2D eigenvalue weighted by Gasteiger charge is 2.00. The van der Waals surface area contributed by atoms with Gasteiger partial charge in [-0.25, -0.2) is 5.48 Å². The van der Waals surface area contributed by atoms with Crippen molar-refractivity contribution in [3.05, 3.63) is 0 Å². The lowest BCUT2D eigenvalue weighted by molar-refractivity contribution is 0.184. The Kier molecular flexibility index (Phi) is 8.37. The van der Waals surface area contributed by atoms with Gasteiger partial charge in [-0.15, -0.1) is 0 Å². The number of aromatic nitrogens is 3. The zero-order chi connectivity index (χ0) is 14.6. The van der Waals surface area contributed by atoms with Gasteiger partial charge in [0.25, 0.3) is 5.95 Å². The highest BCUT2D eigenvalue weighted by molar-refractivity contribution is 5.35. The first-order valence-corrected chi connectivity index (χ1v) is 7.37.